The molecule has 0 amide bonds. The van der Waals surface area contributed by atoms with E-state index in [1.165, 1.54) is 0 Å². The summed E-state index contributed by atoms with van der Waals surface area (Å²) in [7, 11) is 1.89. The van der Waals surface area contributed by atoms with E-state index < -0.39 is 5.97 Å². The molecule has 18 heavy (non-hydrogen) atoms. The molecule has 0 atom stereocenters. The van der Waals surface area contributed by atoms with Crippen LogP contribution in [0.5, 0.6) is 0 Å². The summed E-state index contributed by atoms with van der Waals surface area (Å²) >= 11 is 3.32. The van der Waals surface area contributed by atoms with E-state index in [9.17, 15) is 4.79 Å². The Hall–Kier alpha value is -1.82. The van der Waals surface area contributed by atoms with Crippen molar-refractivity contribution < 1.29 is 9.90 Å². The lowest BCUT2D eigenvalue weighted by Gasteiger charge is -2.10. The Morgan fingerprint density at radius 2 is 2.33 bits per heavy atom. The van der Waals surface area contributed by atoms with Crippen molar-refractivity contribution in [3.05, 3.63) is 46.5 Å². The highest BCUT2D eigenvalue weighted by Crippen LogP contribution is 2.22. The summed E-state index contributed by atoms with van der Waals surface area (Å²) in [6.07, 6.45) is 3.55. The minimum Gasteiger partial charge on any atom is -0.478 e. The third-order valence-electron chi connectivity index (χ3n) is 2.57. The van der Waals surface area contributed by atoms with Crippen molar-refractivity contribution in [2.45, 2.75) is 6.54 Å². The van der Waals surface area contributed by atoms with Gasteiger partial charge in [-0.2, -0.15) is 0 Å². The van der Waals surface area contributed by atoms with Gasteiger partial charge in [0.25, 0.3) is 0 Å². The highest BCUT2D eigenvalue weighted by molar-refractivity contribution is 9.10. The number of hydrogen-bond acceptors (Lipinski definition) is 3. The Morgan fingerprint density at radius 3 is 2.94 bits per heavy atom. The van der Waals surface area contributed by atoms with Crippen molar-refractivity contribution >= 4 is 27.6 Å². The second kappa shape index (κ2) is 5.22. The van der Waals surface area contributed by atoms with Crippen LogP contribution < -0.4 is 5.32 Å². The molecule has 0 aliphatic rings. The highest BCUT2D eigenvalue weighted by atomic mass is 79.9. The molecule has 1 aromatic heterocycles. The zero-order valence-corrected chi connectivity index (χ0v) is 11.3. The van der Waals surface area contributed by atoms with Crippen LogP contribution >= 0.6 is 15.9 Å². The molecule has 1 heterocycles. The van der Waals surface area contributed by atoms with Crippen LogP contribution in [-0.2, 0) is 13.6 Å². The number of benzene rings is 1. The first-order valence-electron chi connectivity index (χ1n) is 5.31. The van der Waals surface area contributed by atoms with Crippen LogP contribution in [0.4, 0.5) is 5.69 Å². The van der Waals surface area contributed by atoms with Crippen LogP contribution in [0, 0.1) is 0 Å². The fourth-order valence-electron chi connectivity index (χ4n) is 1.59. The average Bonchev–Trinajstić information content (AvgIpc) is 2.72. The molecule has 6 heteroatoms. The Balaban J connectivity index is 2.20. The lowest BCUT2D eigenvalue weighted by molar-refractivity contribution is 0.0698. The summed E-state index contributed by atoms with van der Waals surface area (Å²) in [5, 5.41) is 12.2. The van der Waals surface area contributed by atoms with Gasteiger partial charge in [-0.1, -0.05) is 15.9 Å². The van der Waals surface area contributed by atoms with E-state index in [1.807, 2.05) is 17.8 Å². The Morgan fingerprint density at radius 1 is 1.56 bits per heavy atom. The Kier molecular flexibility index (Phi) is 3.66. The standard InChI is InChI=1S/C12H12BrN3O2/c1-16-5-4-14-11(16)7-15-10-6-8(13)2-3-9(10)12(17)18/h2-6,15H,7H2,1H3,(H,17,18). The minimum absolute atomic E-state index is 0.243. The van der Waals surface area contributed by atoms with E-state index in [0.717, 1.165) is 10.3 Å². The molecular weight excluding hydrogens is 298 g/mol. The number of halogens is 1. The quantitative estimate of drug-likeness (QED) is 0.910. The lowest BCUT2D eigenvalue weighted by Crippen LogP contribution is -2.09. The first-order valence-corrected chi connectivity index (χ1v) is 6.10. The Bertz CT molecular complexity index is 580. The number of carboxylic acid groups (broad SMARTS) is 1. The number of carbonyl (C=O) groups is 1. The number of nitrogens with zero attached hydrogens (tertiary/aromatic N) is 2. The van der Waals surface area contributed by atoms with E-state index in [-0.39, 0.29) is 5.56 Å². The van der Waals surface area contributed by atoms with Crippen LogP contribution in [0.2, 0.25) is 0 Å². The fourth-order valence-corrected chi connectivity index (χ4v) is 1.95. The zero-order chi connectivity index (χ0) is 13.1. The van der Waals surface area contributed by atoms with Gasteiger partial charge in [-0.05, 0) is 18.2 Å². The zero-order valence-electron chi connectivity index (χ0n) is 9.72. The molecule has 1 aromatic carbocycles. The molecule has 0 bridgehead atoms. The number of aromatic nitrogens is 2. The van der Waals surface area contributed by atoms with Crippen LogP contribution in [-0.4, -0.2) is 20.6 Å². The van der Waals surface area contributed by atoms with Gasteiger partial charge in [0.1, 0.15) is 5.82 Å². The third kappa shape index (κ3) is 2.70. The number of carboxylic acids is 1. The first kappa shape index (κ1) is 12.6. The molecule has 0 aliphatic heterocycles. The molecular formula is C12H12BrN3O2. The van der Waals surface area contributed by atoms with Crippen molar-refractivity contribution in [2.75, 3.05) is 5.32 Å². The van der Waals surface area contributed by atoms with Gasteiger partial charge in [-0.3, -0.25) is 0 Å². The molecule has 0 radical (unpaired) electrons. The normalized spacial score (nSPS) is 10.3. The van der Waals surface area contributed by atoms with E-state index in [2.05, 4.69) is 26.2 Å². The molecule has 0 saturated carbocycles. The SMILES string of the molecule is Cn1ccnc1CNc1cc(Br)ccc1C(=O)O. The molecule has 2 aromatic rings. The predicted molar refractivity (Wildman–Crippen MR) is 71.6 cm³/mol. The molecule has 2 N–H and O–H groups in total. The first-order chi connectivity index (χ1) is 8.58. The number of rotatable bonds is 4. The van der Waals surface area contributed by atoms with Gasteiger partial charge < -0.3 is 15.0 Å². The summed E-state index contributed by atoms with van der Waals surface area (Å²) < 4.78 is 2.71. The summed E-state index contributed by atoms with van der Waals surface area (Å²) in [5.74, 6) is -0.115. The van der Waals surface area contributed by atoms with Gasteiger partial charge in [-0.25, -0.2) is 9.78 Å². The third-order valence-corrected chi connectivity index (χ3v) is 3.06. The topological polar surface area (TPSA) is 67.2 Å². The maximum Gasteiger partial charge on any atom is 0.337 e. The second-order valence-electron chi connectivity index (χ2n) is 3.80. The molecule has 0 spiro atoms. The maximum absolute atomic E-state index is 11.1. The monoisotopic (exact) mass is 309 g/mol. The van der Waals surface area contributed by atoms with Gasteiger partial charge >= 0.3 is 5.97 Å². The number of aryl methyl sites for hydroxylation is 1. The number of aromatic carboxylic acids is 1. The summed E-state index contributed by atoms with van der Waals surface area (Å²) in [5.41, 5.74) is 0.812. The van der Waals surface area contributed by atoms with Gasteiger partial charge in [0.05, 0.1) is 17.8 Å². The second-order valence-corrected chi connectivity index (χ2v) is 4.72. The molecule has 0 saturated heterocycles. The molecule has 2 rings (SSSR count). The molecule has 0 aliphatic carbocycles. The highest BCUT2D eigenvalue weighted by Gasteiger charge is 2.10. The summed E-state index contributed by atoms with van der Waals surface area (Å²) in [6.45, 7) is 0.472. The molecule has 94 valence electrons. The van der Waals surface area contributed by atoms with Gasteiger partial charge in [0.2, 0.25) is 0 Å². The van der Waals surface area contributed by atoms with Crippen LogP contribution in [0.1, 0.15) is 16.2 Å². The number of nitrogens with one attached hydrogen (secondary N) is 1. The van der Waals surface area contributed by atoms with Crippen LogP contribution in [0.15, 0.2) is 35.1 Å². The van der Waals surface area contributed by atoms with Crippen LogP contribution in [0.3, 0.4) is 0 Å². The summed E-state index contributed by atoms with van der Waals surface area (Å²) in [6, 6.07) is 5.01. The van der Waals surface area contributed by atoms with Crippen molar-refractivity contribution in [2.24, 2.45) is 7.05 Å². The van der Waals surface area contributed by atoms with Crippen molar-refractivity contribution in [1.82, 2.24) is 9.55 Å². The van der Waals surface area contributed by atoms with Gasteiger partial charge in [0, 0.05) is 23.9 Å². The van der Waals surface area contributed by atoms with E-state index in [4.69, 9.17) is 5.11 Å². The van der Waals surface area contributed by atoms with Gasteiger partial charge in [-0.15, -0.1) is 0 Å². The van der Waals surface area contributed by atoms with E-state index in [0.29, 0.717) is 12.2 Å². The molecule has 0 fully saturated rings. The predicted octanol–water partition coefficient (Wildman–Crippen LogP) is 2.49. The average molecular weight is 310 g/mol. The van der Waals surface area contributed by atoms with Crippen molar-refractivity contribution in [3.63, 3.8) is 0 Å². The minimum atomic E-state index is -0.954. The van der Waals surface area contributed by atoms with Gasteiger partial charge in [0.15, 0.2) is 0 Å². The lowest BCUT2D eigenvalue weighted by atomic mass is 10.2. The molecule has 0 unspecified atom stereocenters. The summed E-state index contributed by atoms with van der Waals surface area (Å²) in [4.78, 5) is 15.3. The fraction of sp³-hybridized carbons (Fsp3) is 0.167. The molecule has 5 nitrogen and oxygen atoms in total. The van der Waals surface area contributed by atoms with Crippen molar-refractivity contribution in [1.29, 1.82) is 0 Å². The smallest absolute Gasteiger partial charge is 0.337 e. The van der Waals surface area contributed by atoms with Crippen molar-refractivity contribution in [3.8, 4) is 0 Å². The van der Waals surface area contributed by atoms with E-state index >= 15 is 0 Å². The Labute approximate surface area is 113 Å². The van der Waals surface area contributed by atoms with E-state index in [1.54, 1.807) is 24.4 Å². The largest absolute Gasteiger partial charge is 0.478 e. The number of anilines is 1. The number of hydrogen-bond donors (Lipinski definition) is 2. The van der Waals surface area contributed by atoms with Crippen LogP contribution in [0.25, 0.3) is 0 Å². The maximum atomic E-state index is 11.1. The number of imidazole rings is 1.